The zero-order chi connectivity index (χ0) is 14.5. The minimum atomic E-state index is -0.247. The van der Waals surface area contributed by atoms with Gasteiger partial charge in [-0.15, -0.1) is 0 Å². The number of aryl methyl sites for hydroxylation is 1. The summed E-state index contributed by atoms with van der Waals surface area (Å²) >= 11 is 3.33. The summed E-state index contributed by atoms with van der Waals surface area (Å²) in [5.74, 6) is -0.247. The third-order valence-electron chi connectivity index (χ3n) is 2.90. The first-order valence-electron chi connectivity index (χ1n) is 6.23. The summed E-state index contributed by atoms with van der Waals surface area (Å²) in [6.07, 6.45) is 3.33. The maximum Gasteiger partial charge on any atom is 0.271 e. The van der Waals surface area contributed by atoms with E-state index >= 15 is 0 Å². The van der Waals surface area contributed by atoms with Gasteiger partial charge in [0, 0.05) is 27.8 Å². The Labute approximate surface area is 125 Å². The molecule has 1 N–H and O–H groups in total. The molecule has 0 aliphatic heterocycles. The molecule has 1 aromatic carbocycles. The van der Waals surface area contributed by atoms with E-state index in [9.17, 15) is 4.79 Å². The summed E-state index contributed by atoms with van der Waals surface area (Å²) in [5.41, 5.74) is 4.97. The van der Waals surface area contributed by atoms with Crippen LogP contribution in [0.3, 0.4) is 0 Å². The molecule has 104 valence electrons. The van der Waals surface area contributed by atoms with Crippen LogP contribution in [0.2, 0.25) is 0 Å². The van der Waals surface area contributed by atoms with E-state index in [1.54, 1.807) is 30.6 Å². The van der Waals surface area contributed by atoms with Gasteiger partial charge in [0.1, 0.15) is 0 Å². The Balaban J connectivity index is 2.02. The van der Waals surface area contributed by atoms with Crippen LogP contribution in [0.25, 0.3) is 0 Å². The average molecular weight is 335 g/mol. The van der Waals surface area contributed by atoms with E-state index in [1.165, 1.54) is 0 Å². The summed E-state index contributed by atoms with van der Waals surface area (Å²) in [7, 11) is 0. The Morgan fingerprint density at radius 3 is 3.00 bits per heavy atom. The smallest absolute Gasteiger partial charge is 0.269 e. The van der Waals surface area contributed by atoms with Gasteiger partial charge >= 0.3 is 0 Å². The molecule has 0 saturated carbocycles. The van der Waals surface area contributed by atoms with Crippen molar-refractivity contribution in [2.75, 3.05) is 0 Å². The topological polar surface area (TPSA) is 59.3 Å². The molecule has 0 radical (unpaired) electrons. The van der Waals surface area contributed by atoms with E-state index in [-0.39, 0.29) is 5.91 Å². The zero-order valence-electron chi connectivity index (χ0n) is 11.3. The second-order valence-corrected chi connectivity index (χ2v) is 5.13. The summed E-state index contributed by atoms with van der Waals surface area (Å²) in [6.45, 7) is 4.80. The van der Waals surface area contributed by atoms with Crippen molar-refractivity contribution < 1.29 is 4.79 Å². The highest BCUT2D eigenvalue weighted by atomic mass is 79.9. The van der Waals surface area contributed by atoms with Crippen molar-refractivity contribution in [3.63, 3.8) is 0 Å². The minimum absolute atomic E-state index is 0.247. The van der Waals surface area contributed by atoms with E-state index in [1.807, 2.05) is 24.6 Å². The Morgan fingerprint density at radius 1 is 1.55 bits per heavy atom. The number of hydrogen-bond acceptors (Lipinski definition) is 3. The minimum Gasteiger partial charge on any atom is -0.269 e. The fourth-order valence-corrected chi connectivity index (χ4v) is 2.16. The van der Waals surface area contributed by atoms with Gasteiger partial charge in [0.2, 0.25) is 0 Å². The largest absolute Gasteiger partial charge is 0.271 e. The lowest BCUT2D eigenvalue weighted by molar-refractivity contribution is 0.0955. The molecule has 5 nitrogen and oxygen atoms in total. The third kappa shape index (κ3) is 3.33. The van der Waals surface area contributed by atoms with Crippen LogP contribution >= 0.6 is 15.9 Å². The highest BCUT2D eigenvalue weighted by Gasteiger charge is 2.05. The molecule has 0 bridgehead atoms. The average Bonchev–Trinajstić information content (AvgIpc) is 2.79. The second-order valence-electron chi connectivity index (χ2n) is 4.21. The number of nitrogens with zero attached hydrogens (tertiary/aromatic N) is 3. The molecule has 2 rings (SSSR count). The first-order chi connectivity index (χ1) is 9.61. The predicted octanol–water partition coefficient (Wildman–Crippen LogP) is 2.74. The fraction of sp³-hybridized carbons (Fsp3) is 0.214. The van der Waals surface area contributed by atoms with Gasteiger partial charge in [0.15, 0.2) is 0 Å². The summed E-state index contributed by atoms with van der Waals surface area (Å²) in [6, 6.07) is 7.14. The van der Waals surface area contributed by atoms with E-state index in [2.05, 4.69) is 31.6 Å². The highest BCUT2D eigenvalue weighted by Crippen LogP contribution is 2.11. The molecule has 0 fully saturated rings. The molecule has 2 aromatic rings. The molecule has 0 atom stereocenters. The Bertz CT molecular complexity index is 648. The Morgan fingerprint density at radius 2 is 2.35 bits per heavy atom. The molecular formula is C14H15BrN4O. The quantitative estimate of drug-likeness (QED) is 0.690. The van der Waals surface area contributed by atoms with E-state index in [4.69, 9.17) is 0 Å². The van der Waals surface area contributed by atoms with Gasteiger partial charge in [0.05, 0.1) is 12.4 Å². The molecule has 0 unspecified atom stereocenters. The number of nitrogens with one attached hydrogen (secondary N) is 1. The number of amides is 1. The van der Waals surface area contributed by atoms with Crippen LogP contribution in [0.4, 0.5) is 0 Å². The van der Waals surface area contributed by atoms with Crippen LogP contribution in [-0.2, 0) is 6.54 Å². The van der Waals surface area contributed by atoms with Crippen molar-refractivity contribution in [2.24, 2.45) is 5.10 Å². The molecule has 20 heavy (non-hydrogen) atoms. The molecule has 1 heterocycles. The number of benzene rings is 1. The molecule has 1 amide bonds. The van der Waals surface area contributed by atoms with Crippen LogP contribution < -0.4 is 5.43 Å². The Hall–Kier alpha value is -1.95. The SMILES string of the molecule is CCn1ncc(/C=N\NC(=O)c2cccc(Br)c2)c1C. The third-order valence-corrected chi connectivity index (χ3v) is 3.39. The van der Waals surface area contributed by atoms with Crippen LogP contribution in [-0.4, -0.2) is 21.9 Å². The summed E-state index contributed by atoms with van der Waals surface area (Å²) in [4.78, 5) is 11.9. The number of carbonyl (C=O) groups excluding carboxylic acids is 1. The first kappa shape index (κ1) is 14.5. The molecule has 0 aliphatic rings. The molecule has 0 spiro atoms. The van der Waals surface area contributed by atoms with Crippen LogP contribution in [0.5, 0.6) is 0 Å². The highest BCUT2D eigenvalue weighted by molar-refractivity contribution is 9.10. The molecule has 6 heteroatoms. The summed E-state index contributed by atoms with van der Waals surface area (Å²) < 4.78 is 2.73. The van der Waals surface area contributed by atoms with Gasteiger partial charge in [-0.2, -0.15) is 10.2 Å². The lowest BCUT2D eigenvalue weighted by Crippen LogP contribution is -2.17. The number of hydrazone groups is 1. The van der Waals surface area contributed by atoms with Crippen LogP contribution in [0.15, 0.2) is 40.0 Å². The summed E-state index contributed by atoms with van der Waals surface area (Å²) in [5, 5.41) is 8.17. The molecule has 0 aliphatic carbocycles. The monoisotopic (exact) mass is 334 g/mol. The van der Waals surface area contributed by atoms with Crippen molar-refractivity contribution in [1.29, 1.82) is 0 Å². The Kier molecular flexibility index (Phi) is 4.68. The molecule has 1 aromatic heterocycles. The van der Waals surface area contributed by atoms with E-state index in [0.29, 0.717) is 5.56 Å². The van der Waals surface area contributed by atoms with Gasteiger partial charge in [-0.3, -0.25) is 9.48 Å². The maximum atomic E-state index is 11.9. The number of aromatic nitrogens is 2. The van der Waals surface area contributed by atoms with Crippen LogP contribution in [0, 0.1) is 6.92 Å². The lowest BCUT2D eigenvalue weighted by Gasteiger charge is -2.00. The number of rotatable bonds is 4. The van der Waals surface area contributed by atoms with Gasteiger partial charge in [-0.05, 0) is 32.0 Å². The fourth-order valence-electron chi connectivity index (χ4n) is 1.76. The van der Waals surface area contributed by atoms with Gasteiger partial charge in [0.25, 0.3) is 5.91 Å². The standard InChI is InChI=1S/C14H15BrN4O/c1-3-19-10(2)12(9-17-19)8-16-18-14(20)11-5-4-6-13(15)7-11/h4-9H,3H2,1-2H3,(H,18,20)/b16-8-. The molecular weight excluding hydrogens is 320 g/mol. The molecule has 0 saturated heterocycles. The number of halogens is 1. The lowest BCUT2D eigenvalue weighted by atomic mass is 10.2. The van der Waals surface area contributed by atoms with Gasteiger partial charge < -0.3 is 0 Å². The number of carbonyl (C=O) groups is 1. The van der Waals surface area contributed by atoms with E-state index in [0.717, 1.165) is 22.3 Å². The maximum absolute atomic E-state index is 11.9. The first-order valence-corrected chi connectivity index (χ1v) is 7.02. The van der Waals surface area contributed by atoms with E-state index < -0.39 is 0 Å². The zero-order valence-corrected chi connectivity index (χ0v) is 12.9. The predicted molar refractivity (Wildman–Crippen MR) is 81.8 cm³/mol. The number of hydrogen-bond donors (Lipinski definition) is 1. The van der Waals surface area contributed by atoms with Crippen molar-refractivity contribution >= 4 is 28.1 Å². The van der Waals surface area contributed by atoms with Crippen molar-refractivity contribution in [3.8, 4) is 0 Å². The second kappa shape index (κ2) is 6.47. The van der Waals surface area contributed by atoms with Crippen molar-refractivity contribution in [2.45, 2.75) is 20.4 Å². The van der Waals surface area contributed by atoms with Crippen LogP contribution in [0.1, 0.15) is 28.5 Å². The normalized spacial score (nSPS) is 10.9. The van der Waals surface area contributed by atoms with Crippen molar-refractivity contribution in [3.05, 3.63) is 51.8 Å². The van der Waals surface area contributed by atoms with Crippen molar-refractivity contribution in [1.82, 2.24) is 15.2 Å². The van der Waals surface area contributed by atoms with Gasteiger partial charge in [-0.25, -0.2) is 5.43 Å². The van der Waals surface area contributed by atoms with Gasteiger partial charge in [-0.1, -0.05) is 22.0 Å².